The lowest BCUT2D eigenvalue weighted by Gasteiger charge is -2.24. The van der Waals surface area contributed by atoms with Crippen LogP contribution in [-0.4, -0.2) is 36.3 Å². The summed E-state index contributed by atoms with van der Waals surface area (Å²) < 4.78 is 0. The molecule has 2 N–H and O–H groups in total. The molecule has 2 aromatic carbocycles. The highest BCUT2D eigenvalue weighted by Crippen LogP contribution is 2.25. The quantitative estimate of drug-likeness (QED) is 0.702. The Kier molecular flexibility index (Phi) is 7.47. The van der Waals surface area contributed by atoms with Crippen molar-refractivity contribution >= 4 is 46.4 Å². The van der Waals surface area contributed by atoms with Crippen molar-refractivity contribution in [2.24, 2.45) is 0 Å². The van der Waals surface area contributed by atoms with Gasteiger partial charge in [-0.15, -0.1) is 0 Å². The van der Waals surface area contributed by atoms with Crippen LogP contribution in [0.3, 0.4) is 0 Å². The van der Waals surface area contributed by atoms with Crippen molar-refractivity contribution in [3.8, 4) is 0 Å². The second-order valence-electron chi connectivity index (χ2n) is 7.03. The van der Waals surface area contributed by atoms with E-state index >= 15 is 0 Å². The minimum Gasteiger partial charge on any atom is -0.324 e. The number of amides is 2. The first kappa shape index (κ1) is 22.2. The number of halogens is 2. The summed E-state index contributed by atoms with van der Waals surface area (Å²) in [7, 11) is 1.72. The average Bonchev–Trinajstić information content (AvgIpc) is 2.59. The van der Waals surface area contributed by atoms with E-state index in [1.54, 1.807) is 37.1 Å². The Morgan fingerprint density at radius 3 is 2.21 bits per heavy atom. The second kappa shape index (κ2) is 9.41. The van der Waals surface area contributed by atoms with E-state index in [1.165, 1.54) is 0 Å². The van der Waals surface area contributed by atoms with Crippen LogP contribution in [0.2, 0.25) is 10.0 Å². The molecule has 1 atom stereocenters. The largest absolute Gasteiger partial charge is 0.324 e. The molecule has 150 valence electrons. The molecule has 2 amide bonds. The molecule has 0 saturated heterocycles. The van der Waals surface area contributed by atoms with Gasteiger partial charge >= 0.3 is 0 Å². The normalized spacial score (nSPS) is 12.0. The van der Waals surface area contributed by atoms with Crippen molar-refractivity contribution in [3.05, 3.63) is 57.1 Å². The number of aryl methyl sites for hydroxylation is 3. The van der Waals surface area contributed by atoms with Crippen LogP contribution in [0.4, 0.5) is 11.4 Å². The van der Waals surface area contributed by atoms with Crippen LogP contribution in [0.1, 0.15) is 23.6 Å². The first-order valence-corrected chi connectivity index (χ1v) is 9.68. The molecule has 0 aliphatic carbocycles. The van der Waals surface area contributed by atoms with Gasteiger partial charge in [-0.25, -0.2) is 0 Å². The maximum Gasteiger partial charge on any atom is 0.241 e. The Bertz CT molecular complexity index is 876. The van der Waals surface area contributed by atoms with Crippen LogP contribution >= 0.6 is 23.2 Å². The number of carbonyl (C=O) groups excluding carboxylic acids is 2. The monoisotopic (exact) mass is 421 g/mol. The number of nitrogens with zero attached hydrogens (tertiary/aromatic N) is 1. The van der Waals surface area contributed by atoms with Crippen LogP contribution in [-0.2, 0) is 9.59 Å². The molecule has 0 saturated carbocycles. The van der Waals surface area contributed by atoms with Gasteiger partial charge < -0.3 is 10.6 Å². The highest BCUT2D eigenvalue weighted by atomic mass is 35.5. The van der Waals surface area contributed by atoms with Crippen LogP contribution in [0.25, 0.3) is 0 Å². The third-order valence-corrected chi connectivity index (χ3v) is 5.11. The summed E-state index contributed by atoms with van der Waals surface area (Å²) >= 11 is 12.0. The molecular weight excluding hydrogens is 397 g/mol. The summed E-state index contributed by atoms with van der Waals surface area (Å²) in [6.07, 6.45) is 0. The van der Waals surface area contributed by atoms with Gasteiger partial charge in [0, 0.05) is 10.7 Å². The van der Waals surface area contributed by atoms with E-state index in [2.05, 4.69) is 10.6 Å². The highest BCUT2D eigenvalue weighted by molar-refractivity contribution is 6.36. The molecule has 0 aliphatic heterocycles. The van der Waals surface area contributed by atoms with E-state index in [0.29, 0.717) is 15.7 Å². The first-order valence-electron chi connectivity index (χ1n) is 8.92. The topological polar surface area (TPSA) is 61.4 Å². The second-order valence-corrected chi connectivity index (χ2v) is 7.87. The van der Waals surface area contributed by atoms with Crippen LogP contribution in [0.5, 0.6) is 0 Å². The Morgan fingerprint density at radius 1 is 1.04 bits per heavy atom. The fourth-order valence-electron chi connectivity index (χ4n) is 2.95. The lowest BCUT2D eigenvalue weighted by Crippen LogP contribution is -2.43. The van der Waals surface area contributed by atoms with Crippen LogP contribution in [0.15, 0.2) is 30.3 Å². The maximum atomic E-state index is 12.5. The van der Waals surface area contributed by atoms with Crippen molar-refractivity contribution in [1.82, 2.24) is 4.90 Å². The van der Waals surface area contributed by atoms with E-state index in [-0.39, 0.29) is 18.4 Å². The molecular formula is C21H25Cl2N3O2. The fraction of sp³-hybridized carbons (Fsp3) is 0.333. The number of rotatable bonds is 6. The summed E-state index contributed by atoms with van der Waals surface area (Å²) in [5.41, 5.74) is 4.46. The van der Waals surface area contributed by atoms with Crippen molar-refractivity contribution in [2.45, 2.75) is 33.7 Å². The van der Waals surface area contributed by atoms with Gasteiger partial charge in [0.25, 0.3) is 0 Å². The molecule has 0 heterocycles. The van der Waals surface area contributed by atoms with E-state index in [9.17, 15) is 9.59 Å². The third kappa shape index (κ3) is 5.71. The Hall–Kier alpha value is -2.08. The molecule has 28 heavy (non-hydrogen) atoms. The van der Waals surface area contributed by atoms with Crippen molar-refractivity contribution in [1.29, 1.82) is 0 Å². The van der Waals surface area contributed by atoms with Crippen LogP contribution < -0.4 is 10.6 Å². The number of anilines is 2. The smallest absolute Gasteiger partial charge is 0.241 e. The third-order valence-electron chi connectivity index (χ3n) is 4.56. The predicted octanol–water partition coefficient (Wildman–Crippen LogP) is 4.82. The standard InChI is InChI=1S/C21H25Cl2N3O2/c1-12-8-13(2)20(14(3)9-12)25-19(27)11-26(5)15(4)21(28)24-18-7-6-16(22)10-17(18)23/h6-10,15H,11H2,1-5H3,(H,24,28)(H,25,27). The minimum absolute atomic E-state index is 0.0791. The van der Waals surface area contributed by atoms with Crippen molar-refractivity contribution < 1.29 is 9.59 Å². The Morgan fingerprint density at radius 2 is 1.64 bits per heavy atom. The molecule has 2 aromatic rings. The maximum absolute atomic E-state index is 12.5. The molecule has 2 rings (SSSR count). The summed E-state index contributed by atoms with van der Waals surface area (Å²) in [6.45, 7) is 7.76. The van der Waals surface area contributed by atoms with Crippen molar-refractivity contribution in [2.75, 3.05) is 24.2 Å². The molecule has 7 heteroatoms. The van der Waals surface area contributed by atoms with E-state index in [0.717, 1.165) is 22.4 Å². The molecule has 0 radical (unpaired) electrons. The minimum atomic E-state index is -0.530. The van der Waals surface area contributed by atoms with Gasteiger partial charge in [0.15, 0.2) is 0 Å². The van der Waals surface area contributed by atoms with E-state index in [4.69, 9.17) is 23.2 Å². The zero-order chi connectivity index (χ0) is 21.0. The molecule has 0 spiro atoms. The van der Waals surface area contributed by atoms with Gasteiger partial charge in [0.2, 0.25) is 11.8 Å². The lowest BCUT2D eigenvalue weighted by molar-refractivity contribution is -0.122. The molecule has 0 aliphatic rings. The zero-order valence-corrected chi connectivity index (χ0v) is 18.2. The van der Waals surface area contributed by atoms with Crippen LogP contribution in [0, 0.1) is 20.8 Å². The summed E-state index contributed by atoms with van der Waals surface area (Å²) in [4.78, 5) is 26.6. The van der Waals surface area contributed by atoms with Gasteiger partial charge in [-0.05, 0) is 64.1 Å². The summed E-state index contributed by atoms with van der Waals surface area (Å²) in [5, 5.41) is 6.56. The zero-order valence-electron chi connectivity index (χ0n) is 16.7. The molecule has 0 fully saturated rings. The molecule has 1 unspecified atom stereocenters. The lowest BCUT2D eigenvalue weighted by atomic mass is 10.1. The summed E-state index contributed by atoms with van der Waals surface area (Å²) in [6, 6.07) is 8.38. The van der Waals surface area contributed by atoms with Gasteiger partial charge in [0.05, 0.1) is 23.3 Å². The van der Waals surface area contributed by atoms with E-state index < -0.39 is 6.04 Å². The number of hydrogen-bond acceptors (Lipinski definition) is 3. The number of nitrogens with one attached hydrogen (secondary N) is 2. The number of carbonyl (C=O) groups is 2. The van der Waals surface area contributed by atoms with Gasteiger partial charge in [-0.3, -0.25) is 14.5 Å². The molecule has 5 nitrogen and oxygen atoms in total. The van der Waals surface area contributed by atoms with Gasteiger partial charge in [-0.2, -0.15) is 0 Å². The predicted molar refractivity (Wildman–Crippen MR) is 116 cm³/mol. The summed E-state index contributed by atoms with van der Waals surface area (Å²) in [5.74, 6) is -0.441. The number of benzene rings is 2. The average molecular weight is 422 g/mol. The molecule has 0 bridgehead atoms. The SMILES string of the molecule is Cc1cc(C)c(NC(=O)CN(C)C(C)C(=O)Nc2ccc(Cl)cc2Cl)c(C)c1. The van der Waals surface area contributed by atoms with E-state index in [1.807, 2.05) is 32.9 Å². The number of hydrogen-bond donors (Lipinski definition) is 2. The first-order chi connectivity index (χ1) is 13.1. The Labute approximate surface area is 176 Å². The molecule has 0 aromatic heterocycles. The van der Waals surface area contributed by atoms with Gasteiger partial charge in [0.1, 0.15) is 0 Å². The fourth-order valence-corrected chi connectivity index (χ4v) is 3.40. The van der Waals surface area contributed by atoms with Crippen molar-refractivity contribution in [3.63, 3.8) is 0 Å². The Balaban J connectivity index is 1.98. The highest BCUT2D eigenvalue weighted by Gasteiger charge is 2.21. The van der Waals surface area contributed by atoms with Gasteiger partial charge in [-0.1, -0.05) is 40.9 Å². The number of likely N-dealkylation sites (N-methyl/N-ethyl adjacent to an activating group) is 1.